The lowest BCUT2D eigenvalue weighted by Crippen LogP contribution is -2.30. The molecule has 0 amide bonds. The van der Waals surface area contributed by atoms with Crippen LogP contribution in [0.1, 0.15) is 233 Å². The summed E-state index contributed by atoms with van der Waals surface area (Å²) in [7, 11) is 0. The predicted octanol–water partition coefficient (Wildman–Crippen LogP) is 16.3. The lowest BCUT2D eigenvalue weighted by molar-refractivity contribution is -0.166. The molecule has 0 aliphatic rings. The Hall–Kier alpha value is -3.15. The first kappa shape index (κ1) is 56.9. The van der Waals surface area contributed by atoms with Crippen molar-refractivity contribution in [2.75, 3.05) is 13.2 Å². The molecular formula is C54H92O6. The van der Waals surface area contributed by atoms with E-state index in [1.165, 1.54) is 109 Å². The van der Waals surface area contributed by atoms with E-state index < -0.39 is 6.10 Å². The summed E-state index contributed by atoms with van der Waals surface area (Å²) in [4.78, 5) is 37.9. The Bertz CT molecular complexity index is 1140. The molecule has 0 radical (unpaired) electrons. The highest BCUT2D eigenvalue weighted by Crippen LogP contribution is 2.13. The van der Waals surface area contributed by atoms with Gasteiger partial charge in [-0.05, 0) is 83.5 Å². The molecule has 0 N–H and O–H groups in total. The summed E-state index contributed by atoms with van der Waals surface area (Å²) in [6, 6.07) is 0. The van der Waals surface area contributed by atoms with Crippen LogP contribution in [0.3, 0.4) is 0 Å². The van der Waals surface area contributed by atoms with Gasteiger partial charge in [0, 0.05) is 19.3 Å². The molecule has 1 unspecified atom stereocenters. The highest BCUT2D eigenvalue weighted by molar-refractivity contribution is 5.71. The van der Waals surface area contributed by atoms with Gasteiger partial charge in [-0.15, -0.1) is 0 Å². The van der Waals surface area contributed by atoms with Crippen LogP contribution in [-0.4, -0.2) is 37.2 Å². The molecule has 6 nitrogen and oxygen atoms in total. The molecule has 0 fully saturated rings. The van der Waals surface area contributed by atoms with Crippen molar-refractivity contribution in [3.8, 4) is 0 Å². The summed E-state index contributed by atoms with van der Waals surface area (Å²) in [6.45, 7) is 6.41. The van der Waals surface area contributed by atoms with E-state index in [2.05, 4.69) is 87.6 Å². The maximum atomic E-state index is 12.8. The van der Waals surface area contributed by atoms with Crippen LogP contribution in [0.15, 0.2) is 72.9 Å². The molecule has 0 aliphatic heterocycles. The van der Waals surface area contributed by atoms with Gasteiger partial charge in [-0.3, -0.25) is 14.4 Å². The molecule has 0 saturated carbocycles. The monoisotopic (exact) mass is 837 g/mol. The minimum Gasteiger partial charge on any atom is -0.462 e. The summed E-state index contributed by atoms with van der Waals surface area (Å²) in [5.74, 6) is -1.00. The number of ether oxygens (including phenoxy) is 3. The van der Waals surface area contributed by atoms with E-state index in [-0.39, 0.29) is 37.5 Å². The van der Waals surface area contributed by atoms with E-state index in [1.54, 1.807) is 0 Å². The van der Waals surface area contributed by atoms with Crippen LogP contribution < -0.4 is 0 Å². The van der Waals surface area contributed by atoms with Gasteiger partial charge < -0.3 is 14.2 Å². The normalized spacial score (nSPS) is 12.7. The van der Waals surface area contributed by atoms with Gasteiger partial charge in [0.2, 0.25) is 0 Å². The van der Waals surface area contributed by atoms with Gasteiger partial charge in [-0.2, -0.15) is 0 Å². The third kappa shape index (κ3) is 45.9. The standard InChI is InChI=1S/C54H92O6/c1-4-7-10-13-16-19-22-25-27-30-32-35-38-41-44-47-53(56)59-50-51(49-58-52(55)46-43-40-37-34-31-28-24-21-18-15-12-9-6-3)60-54(57)48-45-42-39-36-33-29-26-23-20-17-14-11-8-5-2/h7,10,13,16,19,22,28-29,31,33,37,40,51H,4-6,8-9,11-12,14-15,17-18,20-21,23-27,30,32,34-36,38-39,41-50H2,1-3H3/b10-7-,16-13-,22-19-,31-28-,33-29-,40-37-. The molecule has 0 spiro atoms. The van der Waals surface area contributed by atoms with Gasteiger partial charge in [0.15, 0.2) is 6.10 Å². The third-order valence-corrected chi connectivity index (χ3v) is 10.5. The summed E-state index contributed by atoms with van der Waals surface area (Å²) >= 11 is 0. The van der Waals surface area contributed by atoms with Crippen molar-refractivity contribution in [3.63, 3.8) is 0 Å². The minimum absolute atomic E-state index is 0.105. The Morgan fingerprint density at radius 2 is 0.750 bits per heavy atom. The maximum absolute atomic E-state index is 12.8. The largest absolute Gasteiger partial charge is 0.462 e. The zero-order valence-electron chi connectivity index (χ0n) is 39.2. The summed E-state index contributed by atoms with van der Waals surface area (Å²) in [6.07, 6.45) is 60.4. The Balaban J connectivity index is 4.48. The number of carbonyl (C=O) groups excluding carboxylic acids is 3. The van der Waals surface area contributed by atoms with Crippen molar-refractivity contribution in [3.05, 3.63) is 72.9 Å². The van der Waals surface area contributed by atoms with Crippen LogP contribution in [0, 0.1) is 0 Å². The van der Waals surface area contributed by atoms with Crippen LogP contribution in [0.2, 0.25) is 0 Å². The van der Waals surface area contributed by atoms with Gasteiger partial charge in [0.1, 0.15) is 13.2 Å². The molecule has 0 aromatic heterocycles. The molecule has 0 bridgehead atoms. The van der Waals surface area contributed by atoms with Crippen LogP contribution in [0.4, 0.5) is 0 Å². The van der Waals surface area contributed by atoms with Gasteiger partial charge >= 0.3 is 17.9 Å². The number of hydrogen-bond acceptors (Lipinski definition) is 6. The van der Waals surface area contributed by atoms with E-state index in [4.69, 9.17) is 14.2 Å². The van der Waals surface area contributed by atoms with Gasteiger partial charge in [-0.1, -0.05) is 203 Å². The molecule has 0 aliphatic carbocycles. The molecule has 0 rings (SSSR count). The van der Waals surface area contributed by atoms with Crippen molar-refractivity contribution in [1.82, 2.24) is 0 Å². The van der Waals surface area contributed by atoms with Crippen LogP contribution in [0.5, 0.6) is 0 Å². The Morgan fingerprint density at radius 1 is 0.367 bits per heavy atom. The summed E-state index contributed by atoms with van der Waals surface area (Å²) in [5.41, 5.74) is 0. The number of carbonyl (C=O) groups is 3. The van der Waals surface area contributed by atoms with E-state index in [0.29, 0.717) is 19.3 Å². The predicted molar refractivity (Wildman–Crippen MR) is 256 cm³/mol. The maximum Gasteiger partial charge on any atom is 0.306 e. The Kier molecular flexibility index (Phi) is 46.0. The number of hydrogen-bond donors (Lipinski definition) is 0. The second-order valence-corrected chi connectivity index (χ2v) is 16.4. The lowest BCUT2D eigenvalue weighted by Gasteiger charge is -2.18. The highest BCUT2D eigenvalue weighted by Gasteiger charge is 2.19. The first-order chi connectivity index (χ1) is 29.5. The van der Waals surface area contributed by atoms with Gasteiger partial charge in [0.25, 0.3) is 0 Å². The fourth-order valence-corrected chi connectivity index (χ4v) is 6.72. The first-order valence-corrected chi connectivity index (χ1v) is 25.0. The first-order valence-electron chi connectivity index (χ1n) is 25.0. The van der Waals surface area contributed by atoms with Crippen molar-refractivity contribution < 1.29 is 28.6 Å². The van der Waals surface area contributed by atoms with E-state index in [9.17, 15) is 14.4 Å². The van der Waals surface area contributed by atoms with E-state index >= 15 is 0 Å². The molecule has 0 saturated heterocycles. The molecule has 60 heavy (non-hydrogen) atoms. The molecular weight excluding hydrogens is 745 g/mol. The topological polar surface area (TPSA) is 78.9 Å². The second kappa shape index (κ2) is 48.5. The number of allylic oxidation sites excluding steroid dienone is 12. The third-order valence-electron chi connectivity index (χ3n) is 10.5. The fourth-order valence-electron chi connectivity index (χ4n) is 6.72. The molecule has 0 aromatic rings. The fraction of sp³-hybridized carbons (Fsp3) is 0.722. The number of rotatable bonds is 44. The Morgan fingerprint density at radius 3 is 1.27 bits per heavy atom. The molecule has 1 atom stereocenters. The molecule has 0 heterocycles. The molecule has 6 heteroatoms. The highest BCUT2D eigenvalue weighted by atomic mass is 16.6. The SMILES string of the molecule is CC\C=C/C=C\C=C/CCCCCCCCCC(=O)OCC(COC(=O)CC/C=C\C/C=C\CCCCCCCC)OC(=O)CCCCC/C=C\CCCCCCCCC. The quantitative estimate of drug-likeness (QED) is 0.0200. The van der Waals surface area contributed by atoms with Gasteiger partial charge in [-0.25, -0.2) is 0 Å². The van der Waals surface area contributed by atoms with E-state index in [0.717, 1.165) is 77.0 Å². The van der Waals surface area contributed by atoms with Crippen LogP contribution in [-0.2, 0) is 28.6 Å². The zero-order valence-corrected chi connectivity index (χ0v) is 39.2. The van der Waals surface area contributed by atoms with Crippen molar-refractivity contribution in [2.24, 2.45) is 0 Å². The smallest absolute Gasteiger partial charge is 0.306 e. The summed E-state index contributed by atoms with van der Waals surface area (Å²) in [5, 5.41) is 0. The molecule has 0 aromatic carbocycles. The summed E-state index contributed by atoms with van der Waals surface area (Å²) < 4.78 is 16.7. The van der Waals surface area contributed by atoms with Crippen molar-refractivity contribution >= 4 is 17.9 Å². The molecule has 344 valence electrons. The van der Waals surface area contributed by atoms with Crippen molar-refractivity contribution in [2.45, 2.75) is 239 Å². The van der Waals surface area contributed by atoms with Gasteiger partial charge in [0.05, 0.1) is 0 Å². The average Bonchev–Trinajstić information content (AvgIpc) is 3.24. The number of unbranched alkanes of at least 4 members (excludes halogenated alkanes) is 23. The Labute approximate surface area is 370 Å². The number of esters is 3. The second-order valence-electron chi connectivity index (χ2n) is 16.4. The van der Waals surface area contributed by atoms with Crippen LogP contribution in [0.25, 0.3) is 0 Å². The lowest BCUT2D eigenvalue weighted by atomic mass is 10.1. The van der Waals surface area contributed by atoms with Crippen LogP contribution >= 0.6 is 0 Å². The minimum atomic E-state index is -0.809. The zero-order chi connectivity index (χ0) is 43.7. The van der Waals surface area contributed by atoms with E-state index in [1.807, 2.05) is 6.08 Å². The van der Waals surface area contributed by atoms with Crippen molar-refractivity contribution in [1.29, 1.82) is 0 Å². The average molecular weight is 837 g/mol.